The van der Waals surface area contributed by atoms with Crippen molar-refractivity contribution in [3.05, 3.63) is 58.3 Å². The molecule has 0 aliphatic carbocycles. The molecule has 3 amide bonds. The third-order valence-corrected chi connectivity index (χ3v) is 5.08. The normalized spacial score (nSPS) is 19.4. The van der Waals surface area contributed by atoms with Crippen molar-refractivity contribution < 1.29 is 9.59 Å². The van der Waals surface area contributed by atoms with Crippen molar-refractivity contribution in [2.45, 2.75) is 24.9 Å². The van der Waals surface area contributed by atoms with E-state index in [1.165, 1.54) is 4.88 Å². The van der Waals surface area contributed by atoms with Crippen LogP contribution >= 0.6 is 11.3 Å². The minimum Gasteiger partial charge on any atom is -0.351 e. The van der Waals surface area contributed by atoms with Crippen LogP contribution < -0.4 is 11.1 Å². The molecule has 1 aromatic heterocycles. The number of imide groups is 1. The first-order valence-corrected chi connectivity index (χ1v) is 8.49. The summed E-state index contributed by atoms with van der Waals surface area (Å²) in [6.45, 7) is 0.814. The Balaban J connectivity index is 1.94. The predicted octanol–water partition coefficient (Wildman–Crippen LogP) is 2.82. The van der Waals surface area contributed by atoms with Gasteiger partial charge in [0.05, 0.1) is 0 Å². The molecule has 0 radical (unpaired) electrons. The first-order valence-electron chi connectivity index (χ1n) is 7.61. The van der Waals surface area contributed by atoms with Crippen LogP contribution in [0, 0.1) is 0 Å². The average Bonchev–Trinajstić information content (AvgIpc) is 3.18. The van der Waals surface area contributed by atoms with Crippen LogP contribution in [-0.4, -0.2) is 23.4 Å². The molecule has 1 aromatic carbocycles. The Morgan fingerprint density at radius 3 is 2.65 bits per heavy atom. The Kier molecular flexibility index (Phi) is 4.73. The molecule has 2 heterocycles. The highest BCUT2D eigenvalue weighted by Crippen LogP contribution is 2.40. The maximum absolute atomic E-state index is 12.6. The molecule has 23 heavy (non-hydrogen) atoms. The number of rotatable bonds is 4. The zero-order valence-electron chi connectivity index (χ0n) is 12.6. The van der Waals surface area contributed by atoms with E-state index in [1.54, 1.807) is 11.3 Å². The number of urea groups is 1. The fourth-order valence-electron chi connectivity index (χ4n) is 3.20. The minimum absolute atomic E-state index is 0.193. The highest BCUT2D eigenvalue weighted by Gasteiger charge is 2.37. The van der Waals surface area contributed by atoms with Crippen LogP contribution in [-0.2, 0) is 4.79 Å². The highest BCUT2D eigenvalue weighted by molar-refractivity contribution is 7.10. The van der Waals surface area contributed by atoms with Gasteiger partial charge in [0, 0.05) is 10.9 Å². The van der Waals surface area contributed by atoms with Gasteiger partial charge in [0.15, 0.2) is 0 Å². The molecule has 1 saturated heterocycles. The van der Waals surface area contributed by atoms with E-state index in [1.807, 2.05) is 41.8 Å². The van der Waals surface area contributed by atoms with Gasteiger partial charge in [-0.15, -0.1) is 11.3 Å². The van der Waals surface area contributed by atoms with Crippen molar-refractivity contribution in [3.8, 4) is 0 Å². The summed E-state index contributed by atoms with van der Waals surface area (Å²) < 4.78 is 0. The summed E-state index contributed by atoms with van der Waals surface area (Å²) in [5, 5.41) is 4.29. The van der Waals surface area contributed by atoms with E-state index < -0.39 is 12.1 Å². The summed E-state index contributed by atoms with van der Waals surface area (Å²) in [5.41, 5.74) is 6.02. The van der Waals surface area contributed by atoms with Crippen molar-refractivity contribution in [1.29, 1.82) is 0 Å². The van der Waals surface area contributed by atoms with Gasteiger partial charge in [-0.3, -0.25) is 15.0 Å². The molecule has 2 aromatic rings. The minimum atomic E-state index is -0.817. The van der Waals surface area contributed by atoms with Crippen molar-refractivity contribution in [2.75, 3.05) is 6.54 Å². The molecule has 2 atom stereocenters. The van der Waals surface area contributed by atoms with E-state index in [4.69, 9.17) is 5.73 Å². The van der Waals surface area contributed by atoms with E-state index in [0.29, 0.717) is 0 Å². The number of carbonyl (C=O) groups excluding carboxylic acids is 2. The molecule has 3 rings (SSSR count). The van der Waals surface area contributed by atoms with E-state index >= 15 is 0 Å². The Morgan fingerprint density at radius 2 is 2.00 bits per heavy atom. The molecule has 120 valence electrons. The lowest BCUT2D eigenvalue weighted by Crippen LogP contribution is -2.44. The maximum Gasteiger partial charge on any atom is 0.318 e. The number of nitrogens with two attached hydrogens (primary N) is 1. The molecule has 0 spiro atoms. The van der Waals surface area contributed by atoms with Crippen LogP contribution in [0.25, 0.3) is 0 Å². The Labute approximate surface area is 139 Å². The second kappa shape index (κ2) is 6.93. The van der Waals surface area contributed by atoms with Gasteiger partial charge in [-0.2, -0.15) is 0 Å². The van der Waals surface area contributed by atoms with E-state index in [0.717, 1.165) is 24.9 Å². The summed E-state index contributed by atoms with van der Waals surface area (Å²) in [6.07, 6.45) is 2.03. The van der Waals surface area contributed by atoms with Gasteiger partial charge in [0.25, 0.3) is 0 Å². The number of thiophene rings is 1. The van der Waals surface area contributed by atoms with Crippen LogP contribution in [0.5, 0.6) is 0 Å². The molecule has 0 unspecified atom stereocenters. The van der Waals surface area contributed by atoms with Gasteiger partial charge in [-0.1, -0.05) is 36.4 Å². The monoisotopic (exact) mass is 329 g/mol. The number of nitrogens with one attached hydrogen (secondary N) is 1. The Bertz CT molecular complexity index is 672. The van der Waals surface area contributed by atoms with Gasteiger partial charge in [-0.25, -0.2) is 4.79 Å². The number of amides is 3. The van der Waals surface area contributed by atoms with Crippen molar-refractivity contribution >= 4 is 23.3 Å². The predicted molar refractivity (Wildman–Crippen MR) is 89.9 cm³/mol. The van der Waals surface area contributed by atoms with Gasteiger partial charge in [0.2, 0.25) is 5.91 Å². The van der Waals surface area contributed by atoms with Gasteiger partial charge in [0.1, 0.15) is 6.04 Å². The highest BCUT2D eigenvalue weighted by atomic mass is 32.1. The van der Waals surface area contributed by atoms with Crippen LogP contribution in [0.3, 0.4) is 0 Å². The molecule has 0 saturated carbocycles. The second-order valence-corrected chi connectivity index (χ2v) is 6.56. The fourth-order valence-corrected chi connectivity index (χ4v) is 4.08. The lowest BCUT2D eigenvalue weighted by molar-refractivity contribution is -0.126. The smallest absolute Gasteiger partial charge is 0.318 e. The number of primary amides is 1. The van der Waals surface area contributed by atoms with Crippen molar-refractivity contribution in [1.82, 2.24) is 10.2 Å². The SMILES string of the molecule is NC(=O)NC(=O)[C@H](c1ccccc1)N1CCC[C@H]1c1cccs1. The first-order chi connectivity index (χ1) is 11.2. The van der Waals surface area contributed by atoms with E-state index in [9.17, 15) is 9.59 Å². The lowest BCUT2D eigenvalue weighted by atomic mass is 10.0. The number of hydrogen-bond donors (Lipinski definition) is 2. The van der Waals surface area contributed by atoms with Crippen LogP contribution in [0.1, 0.15) is 35.4 Å². The molecule has 6 heteroatoms. The topological polar surface area (TPSA) is 75.4 Å². The zero-order valence-corrected chi connectivity index (χ0v) is 13.5. The average molecular weight is 329 g/mol. The molecule has 3 N–H and O–H groups in total. The molecule has 1 aliphatic rings. The van der Waals surface area contributed by atoms with Crippen LogP contribution in [0.2, 0.25) is 0 Å². The molecular weight excluding hydrogens is 310 g/mol. The quantitative estimate of drug-likeness (QED) is 0.905. The number of benzene rings is 1. The van der Waals surface area contributed by atoms with Gasteiger partial charge >= 0.3 is 6.03 Å². The zero-order chi connectivity index (χ0) is 16.2. The lowest BCUT2D eigenvalue weighted by Gasteiger charge is -2.31. The number of carbonyl (C=O) groups is 2. The van der Waals surface area contributed by atoms with E-state index in [2.05, 4.69) is 16.3 Å². The molecular formula is C17H19N3O2S. The summed E-state index contributed by atoms with van der Waals surface area (Å²) >= 11 is 1.70. The van der Waals surface area contributed by atoms with Crippen molar-refractivity contribution in [3.63, 3.8) is 0 Å². The second-order valence-electron chi connectivity index (χ2n) is 5.58. The van der Waals surface area contributed by atoms with Crippen LogP contribution in [0.15, 0.2) is 47.8 Å². The summed E-state index contributed by atoms with van der Waals surface area (Å²) in [4.78, 5) is 27.2. The molecule has 1 fully saturated rings. The third-order valence-electron chi connectivity index (χ3n) is 4.11. The number of hydrogen-bond acceptors (Lipinski definition) is 4. The van der Waals surface area contributed by atoms with E-state index in [-0.39, 0.29) is 11.9 Å². The molecule has 0 bridgehead atoms. The summed E-state index contributed by atoms with van der Waals surface area (Å²) in [6, 6.07) is 12.5. The largest absolute Gasteiger partial charge is 0.351 e. The molecule has 1 aliphatic heterocycles. The number of nitrogens with zero attached hydrogens (tertiary/aromatic N) is 1. The Morgan fingerprint density at radius 1 is 1.22 bits per heavy atom. The van der Waals surface area contributed by atoms with Gasteiger partial charge in [-0.05, 0) is 36.4 Å². The fraction of sp³-hybridized carbons (Fsp3) is 0.294. The number of likely N-dealkylation sites (tertiary alicyclic amines) is 1. The van der Waals surface area contributed by atoms with Crippen LogP contribution in [0.4, 0.5) is 4.79 Å². The summed E-state index contributed by atoms with van der Waals surface area (Å²) in [5.74, 6) is -0.368. The van der Waals surface area contributed by atoms with Crippen molar-refractivity contribution in [2.24, 2.45) is 5.73 Å². The molecule has 5 nitrogen and oxygen atoms in total. The Hall–Kier alpha value is -2.18. The third kappa shape index (κ3) is 3.43. The van der Waals surface area contributed by atoms with Gasteiger partial charge < -0.3 is 5.73 Å². The first kappa shape index (κ1) is 15.7. The maximum atomic E-state index is 12.6. The summed E-state index contributed by atoms with van der Waals surface area (Å²) in [7, 11) is 0. The standard InChI is InChI=1S/C17H19N3O2S/c18-17(22)19-16(21)15(12-6-2-1-3-7-12)20-10-4-8-13(20)14-9-5-11-23-14/h1-3,5-7,9,11,13,15H,4,8,10H2,(H3,18,19,21,22)/t13-,15-/m0/s1.